The Morgan fingerprint density at radius 2 is 1.80 bits per heavy atom. The van der Waals surface area contributed by atoms with Gasteiger partial charge >= 0.3 is 13.6 Å². The molecule has 6 heteroatoms. The Kier molecular flexibility index (Phi) is 5.69. The Balaban J connectivity index is 3.50. The number of rotatable bonds is 5. The third-order valence-electron chi connectivity index (χ3n) is 2.85. The fraction of sp³-hybridized carbons (Fsp3) is 0.357. The highest BCUT2D eigenvalue weighted by Crippen LogP contribution is 2.51. The molecule has 0 aromatic heterocycles. The maximum Gasteiger partial charge on any atom is 0.352 e. The van der Waals surface area contributed by atoms with Gasteiger partial charge in [-0.05, 0) is 24.5 Å². The van der Waals surface area contributed by atoms with Crippen LogP contribution in [-0.4, -0.2) is 15.8 Å². The molecule has 0 bridgehead atoms. The maximum absolute atomic E-state index is 11.6. The molecule has 110 valence electrons. The van der Waals surface area contributed by atoms with E-state index >= 15 is 0 Å². The minimum Gasteiger partial charge on any atom is -0.426 e. The zero-order chi connectivity index (χ0) is 15.3. The zero-order valence-corrected chi connectivity index (χ0v) is 12.7. The van der Waals surface area contributed by atoms with Crippen molar-refractivity contribution in [3.8, 4) is 5.75 Å². The smallest absolute Gasteiger partial charge is 0.352 e. The van der Waals surface area contributed by atoms with E-state index in [9.17, 15) is 19.1 Å². The molecule has 20 heavy (non-hydrogen) atoms. The minimum absolute atomic E-state index is 0.0830. The van der Waals surface area contributed by atoms with E-state index in [0.717, 1.165) is 0 Å². The molecule has 0 atom stereocenters. The lowest BCUT2D eigenvalue weighted by Crippen LogP contribution is -2.04. The SMILES string of the molecule is CCC(=C(CC)P(=O)(O)O)c1ccccc1OC(C)=O. The number of allylic oxidation sites excluding steroid dienone is 2. The van der Waals surface area contributed by atoms with Crippen LogP contribution in [-0.2, 0) is 9.36 Å². The van der Waals surface area contributed by atoms with E-state index in [2.05, 4.69) is 0 Å². The van der Waals surface area contributed by atoms with Crippen molar-refractivity contribution in [3.05, 3.63) is 35.1 Å². The third-order valence-corrected chi connectivity index (χ3v) is 4.14. The van der Waals surface area contributed by atoms with E-state index in [4.69, 9.17) is 4.74 Å². The highest BCUT2D eigenvalue weighted by molar-refractivity contribution is 7.56. The Morgan fingerprint density at radius 1 is 1.20 bits per heavy atom. The molecule has 0 spiro atoms. The summed E-state index contributed by atoms with van der Waals surface area (Å²) >= 11 is 0. The van der Waals surface area contributed by atoms with Crippen molar-refractivity contribution in [2.45, 2.75) is 33.6 Å². The molecule has 0 aliphatic heterocycles. The van der Waals surface area contributed by atoms with Crippen molar-refractivity contribution in [2.75, 3.05) is 0 Å². The summed E-state index contributed by atoms with van der Waals surface area (Å²) in [4.78, 5) is 30.0. The highest BCUT2D eigenvalue weighted by atomic mass is 31.2. The van der Waals surface area contributed by atoms with Gasteiger partial charge in [0.2, 0.25) is 0 Å². The Morgan fingerprint density at radius 3 is 2.25 bits per heavy atom. The lowest BCUT2D eigenvalue weighted by Gasteiger charge is -2.17. The van der Waals surface area contributed by atoms with E-state index in [0.29, 0.717) is 23.3 Å². The predicted molar refractivity (Wildman–Crippen MR) is 77.3 cm³/mol. The molecule has 0 radical (unpaired) electrons. The van der Waals surface area contributed by atoms with Crippen LogP contribution < -0.4 is 4.74 Å². The van der Waals surface area contributed by atoms with Crippen LogP contribution in [0.15, 0.2) is 29.6 Å². The summed E-state index contributed by atoms with van der Waals surface area (Å²) in [5.41, 5.74) is 1.07. The van der Waals surface area contributed by atoms with Crippen LogP contribution >= 0.6 is 7.60 Å². The van der Waals surface area contributed by atoms with Gasteiger partial charge in [0.15, 0.2) is 0 Å². The number of hydrogen-bond acceptors (Lipinski definition) is 3. The van der Waals surface area contributed by atoms with Crippen molar-refractivity contribution in [3.63, 3.8) is 0 Å². The largest absolute Gasteiger partial charge is 0.426 e. The van der Waals surface area contributed by atoms with Gasteiger partial charge in [0.25, 0.3) is 0 Å². The number of hydrogen-bond donors (Lipinski definition) is 2. The molecule has 1 aromatic rings. The maximum atomic E-state index is 11.6. The average Bonchev–Trinajstić information content (AvgIpc) is 2.34. The van der Waals surface area contributed by atoms with E-state index in [1.165, 1.54) is 6.92 Å². The summed E-state index contributed by atoms with van der Waals surface area (Å²) in [6.07, 6.45) is 0.675. The molecule has 0 amide bonds. The van der Waals surface area contributed by atoms with Gasteiger partial charge < -0.3 is 14.5 Å². The Hall–Kier alpha value is -1.42. The van der Waals surface area contributed by atoms with Crippen molar-refractivity contribution in [2.24, 2.45) is 0 Å². The molecular formula is C14H19O5P. The topological polar surface area (TPSA) is 83.8 Å². The van der Waals surface area contributed by atoms with Crippen molar-refractivity contribution in [1.29, 1.82) is 0 Å². The van der Waals surface area contributed by atoms with Crippen LogP contribution in [0.25, 0.3) is 5.57 Å². The summed E-state index contributed by atoms with van der Waals surface area (Å²) in [6.45, 7) is 4.79. The average molecular weight is 298 g/mol. The second kappa shape index (κ2) is 6.84. The second-order valence-electron chi connectivity index (χ2n) is 4.27. The van der Waals surface area contributed by atoms with Gasteiger partial charge in [0.1, 0.15) is 5.75 Å². The first-order chi connectivity index (χ1) is 9.31. The van der Waals surface area contributed by atoms with Crippen LogP contribution in [0.3, 0.4) is 0 Å². The Labute approximate surface area is 118 Å². The first kappa shape index (κ1) is 16.6. The van der Waals surface area contributed by atoms with Crippen molar-refractivity contribution in [1.82, 2.24) is 0 Å². The van der Waals surface area contributed by atoms with Crippen LogP contribution in [0, 0.1) is 0 Å². The van der Waals surface area contributed by atoms with Crippen molar-refractivity contribution >= 4 is 19.1 Å². The molecule has 0 unspecified atom stereocenters. The van der Waals surface area contributed by atoms with Gasteiger partial charge in [0.05, 0.1) is 0 Å². The van der Waals surface area contributed by atoms with Crippen LogP contribution in [0.4, 0.5) is 0 Å². The van der Waals surface area contributed by atoms with E-state index in [1.807, 2.05) is 6.92 Å². The number of carbonyl (C=O) groups excluding carboxylic acids is 1. The third kappa shape index (κ3) is 4.04. The molecule has 0 aliphatic rings. The highest BCUT2D eigenvalue weighted by Gasteiger charge is 2.24. The second-order valence-corrected chi connectivity index (χ2v) is 5.89. The standard InChI is InChI=1S/C14H19O5P/c1-4-11(14(5-2)20(16,17)18)12-8-6-7-9-13(12)19-10(3)15/h6-9H,4-5H2,1-3H3,(H2,16,17,18). The van der Waals surface area contributed by atoms with Gasteiger partial charge in [-0.25, -0.2) is 0 Å². The summed E-state index contributed by atoms with van der Waals surface area (Å²) in [7, 11) is -4.33. The van der Waals surface area contributed by atoms with Crippen molar-refractivity contribution < 1.29 is 23.9 Å². The van der Waals surface area contributed by atoms with Gasteiger partial charge in [-0.3, -0.25) is 9.36 Å². The summed E-state index contributed by atoms with van der Waals surface area (Å²) in [6, 6.07) is 6.75. The fourth-order valence-corrected chi connectivity index (χ4v) is 3.15. The quantitative estimate of drug-likeness (QED) is 0.495. The van der Waals surface area contributed by atoms with Gasteiger partial charge in [-0.2, -0.15) is 0 Å². The van der Waals surface area contributed by atoms with Crippen LogP contribution in [0.2, 0.25) is 0 Å². The minimum atomic E-state index is -4.33. The Bertz CT molecular complexity index is 571. The number of ether oxygens (including phenoxy) is 1. The first-order valence-electron chi connectivity index (χ1n) is 6.37. The predicted octanol–water partition coefficient (Wildman–Crippen LogP) is 3.32. The van der Waals surface area contributed by atoms with E-state index in [1.54, 1.807) is 31.2 Å². The molecule has 1 rings (SSSR count). The fourth-order valence-electron chi connectivity index (χ4n) is 2.10. The molecule has 0 saturated heterocycles. The van der Waals surface area contributed by atoms with Gasteiger partial charge in [0, 0.05) is 17.8 Å². The summed E-state index contributed by atoms with van der Waals surface area (Å²) < 4.78 is 16.7. The van der Waals surface area contributed by atoms with Crippen LogP contribution in [0.1, 0.15) is 39.2 Å². The molecule has 0 saturated carbocycles. The lowest BCUT2D eigenvalue weighted by atomic mass is 10.0. The molecule has 2 N–H and O–H groups in total. The summed E-state index contributed by atoms with van der Waals surface area (Å²) in [5, 5.41) is 0.0830. The number of carbonyl (C=O) groups is 1. The zero-order valence-electron chi connectivity index (χ0n) is 11.8. The van der Waals surface area contributed by atoms with Gasteiger partial charge in [-0.1, -0.05) is 32.0 Å². The summed E-state index contributed by atoms with van der Waals surface area (Å²) in [5.74, 6) is -0.154. The molecule has 0 aliphatic carbocycles. The van der Waals surface area contributed by atoms with Crippen LogP contribution in [0.5, 0.6) is 5.75 Å². The molecule has 0 heterocycles. The molecular weight excluding hydrogens is 279 g/mol. The monoisotopic (exact) mass is 298 g/mol. The molecule has 5 nitrogen and oxygen atoms in total. The number of para-hydroxylation sites is 1. The molecule has 0 fully saturated rings. The van der Waals surface area contributed by atoms with E-state index < -0.39 is 13.6 Å². The van der Waals surface area contributed by atoms with Gasteiger partial charge in [-0.15, -0.1) is 0 Å². The normalized spacial score (nSPS) is 12.8. The molecule has 1 aromatic carbocycles. The lowest BCUT2D eigenvalue weighted by molar-refractivity contribution is -0.131. The van der Waals surface area contributed by atoms with E-state index in [-0.39, 0.29) is 11.7 Å². The first-order valence-corrected chi connectivity index (χ1v) is 7.98. The number of esters is 1. The number of benzene rings is 1.